The first kappa shape index (κ1) is 24.0. The molecule has 1 aliphatic heterocycles. The van der Waals surface area contributed by atoms with Crippen LogP contribution >= 0.6 is 0 Å². The molecule has 1 saturated heterocycles. The maximum absolute atomic E-state index is 13.4. The molecule has 0 saturated carbocycles. The highest BCUT2D eigenvalue weighted by molar-refractivity contribution is 6.01. The van der Waals surface area contributed by atoms with Gasteiger partial charge < -0.3 is 11.5 Å². The summed E-state index contributed by atoms with van der Waals surface area (Å²) in [6.07, 6.45) is 5.30. The Morgan fingerprint density at radius 3 is 2.14 bits per heavy atom. The molecule has 1 atom stereocenters. The number of amides is 1. The summed E-state index contributed by atoms with van der Waals surface area (Å²) >= 11 is 0. The van der Waals surface area contributed by atoms with Gasteiger partial charge in [-0.05, 0) is 43.7 Å². The molecule has 1 fully saturated rings. The summed E-state index contributed by atoms with van der Waals surface area (Å²) in [5.74, 6) is -1.33. The number of anilines is 1. The van der Waals surface area contributed by atoms with Crippen LogP contribution in [0, 0.1) is 0 Å². The third kappa shape index (κ3) is 5.19. The fourth-order valence-electron chi connectivity index (χ4n) is 4.34. The molecule has 0 aromatic carbocycles. The van der Waals surface area contributed by atoms with Crippen molar-refractivity contribution in [1.29, 1.82) is 0 Å². The number of ketones is 1. The van der Waals surface area contributed by atoms with Crippen LogP contribution in [0.3, 0.4) is 0 Å². The van der Waals surface area contributed by atoms with E-state index >= 15 is 0 Å². The second-order valence-corrected chi connectivity index (χ2v) is 8.47. The number of hydrogen-bond acceptors (Lipinski definition) is 8. The zero-order valence-electron chi connectivity index (χ0n) is 19.2. The molecule has 35 heavy (non-hydrogen) atoms. The van der Waals surface area contributed by atoms with Gasteiger partial charge in [-0.1, -0.05) is 18.6 Å². The summed E-state index contributed by atoms with van der Waals surface area (Å²) in [6, 6.07) is 9.76. The van der Waals surface area contributed by atoms with Gasteiger partial charge in [-0.2, -0.15) is 0 Å². The highest BCUT2D eigenvalue weighted by Gasteiger charge is 2.31. The van der Waals surface area contributed by atoms with Gasteiger partial charge in [0.05, 0.1) is 37.1 Å². The fraction of sp³-hybridized carbons (Fsp3) is 0.333. The first-order chi connectivity index (χ1) is 16.9. The molecule has 3 aromatic rings. The molecule has 0 radical (unpaired) electrons. The predicted molar refractivity (Wildman–Crippen MR) is 129 cm³/mol. The van der Waals surface area contributed by atoms with Crippen molar-refractivity contribution in [2.75, 3.05) is 18.8 Å². The second kappa shape index (κ2) is 10.4. The highest BCUT2D eigenvalue weighted by atomic mass is 16.2. The van der Waals surface area contributed by atoms with Crippen LogP contribution in [0.5, 0.6) is 0 Å². The normalized spacial score (nSPS) is 16.2. The molecule has 0 bridgehead atoms. The maximum Gasteiger partial charge on any atom is 0.333 e. The molecule has 3 aromatic heterocycles. The average Bonchev–Trinajstić information content (AvgIpc) is 2.86. The monoisotopic (exact) mass is 477 g/mol. The minimum atomic E-state index is -0.798. The smallest absolute Gasteiger partial charge is 0.333 e. The van der Waals surface area contributed by atoms with Gasteiger partial charge in [0.1, 0.15) is 11.4 Å². The lowest BCUT2D eigenvalue weighted by atomic mass is 10.0. The van der Waals surface area contributed by atoms with Crippen LogP contribution in [0.2, 0.25) is 0 Å². The summed E-state index contributed by atoms with van der Waals surface area (Å²) in [5, 5.41) is 0. The molecule has 1 amide bonds. The van der Waals surface area contributed by atoms with Crippen molar-refractivity contribution in [3.05, 3.63) is 86.6 Å². The quantitative estimate of drug-likeness (QED) is 0.429. The molecule has 182 valence electrons. The van der Waals surface area contributed by atoms with E-state index in [1.165, 1.54) is 4.57 Å². The Morgan fingerprint density at radius 1 is 0.943 bits per heavy atom. The van der Waals surface area contributed by atoms with E-state index in [1.54, 1.807) is 53.7 Å². The Hall–Kier alpha value is -4.12. The topological polar surface area (TPSA) is 159 Å². The van der Waals surface area contributed by atoms with Crippen LogP contribution < -0.4 is 22.7 Å². The van der Waals surface area contributed by atoms with Crippen molar-refractivity contribution in [2.45, 2.75) is 38.4 Å². The van der Waals surface area contributed by atoms with Crippen molar-refractivity contribution in [3.63, 3.8) is 0 Å². The number of piperidine rings is 1. The fourth-order valence-corrected chi connectivity index (χ4v) is 4.34. The van der Waals surface area contributed by atoms with E-state index in [2.05, 4.69) is 9.97 Å². The van der Waals surface area contributed by atoms with Crippen LogP contribution in [0.15, 0.2) is 58.4 Å². The first-order valence-corrected chi connectivity index (χ1v) is 11.4. The molecule has 4 heterocycles. The molecule has 0 aliphatic carbocycles. The number of primary amides is 1. The van der Waals surface area contributed by atoms with Gasteiger partial charge in [0.25, 0.3) is 5.56 Å². The molecule has 1 unspecified atom stereocenters. The lowest BCUT2D eigenvalue weighted by Crippen LogP contribution is -2.51. The largest absolute Gasteiger partial charge is 0.384 e. The average molecular weight is 478 g/mol. The van der Waals surface area contributed by atoms with E-state index < -0.39 is 29.0 Å². The Kier molecular flexibility index (Phi) is 7.16. The molecule has 1 aliphatic rings. The third-order valence-electron chi connectivity index (χ3n) is 6.13. The van der Waals surface area contributed by atoms with Gasteiger partial charge in [0.2, 0.25) is 5.91 Å². The molecular weight excluding hydrogens is 450 g/mol. The molecule has 4 N–H and O–H groups in total. The molecule has 11 nitrogen and oxygen atoms in total. The van der Waals surface area contributed by atoms with E-state index in [1.807, 2.05) is 0 Å². The number of Topliss-reactive ketones (excluding diaryl/α,β-unsaturated/α-hetero) is 1. The first-order valence-electron chi connectivity index (χ1n) is 11.4. The number of nitrogens with two attached hydrogens (primary N) is 2. The minimum absolute atomic E-state index is 0.0259. The van der Waals surface area contributed by atoms with Gasteiger partial charge >= 0.3 is 5.69 Å². The minimum Gasteiger partial charge on any atom is -0.384 e. The van der Waals surface area contributed by atoms with Gasteiger partial charge in [0.15, 0.2) is 5.78 Å². The number of rotatable bonds is 8. The van der Waals surface area contributed by atoms with Gasteiger partial charge in [-0.3, -0.25) is 38.4 Å². The Morgan fingerprint density at radius 2 is 1.57 bits per heavy atom. The van der Waals surface area contributed by atoms with E-state index in [0.29, 0.717) is 24.4 Å². The summed E-state index contributed by atoms with van der Waals surface area (Å²) in [6.45, 7) is 0.129. The van der Waals surface area contributed by atoms with E-state index in [-0.39, 0.29) is 31.0 Å². The Bertz CT molecular complexity index is 1340. The third-order valence-corrected chi connectivity index (χ3v) is 6.13. The van der Waals surface area contributed by atoms with Crippen molar-refractivity contribution >= 4 is 17.5 Å². The molecule has 4 rings (SSSR count). The summed E-state index contributed by atoms with van der Waals surface area (Å²) < 4.78 is 2.12. The van der Waals surface area contributed by atoms with Crippen LogP contribution in [0.25, 0.3) is 0 Å². The summed E-state index contributed by atoms with van der Waals surface area (Å²) in [7, 11) is 0. The molecular formula is C24H27N7O4. The Labute approximate surface area is 201 Å². The summed E-state index contributed by atoms with van der Waals surface area (Å²) in [4.78, 5) is 62.1. The van der Waals surface area contributed by atoms with E-state index in [0.717, 1.165) is 17.4 Å². The van der Waals surface area contributed by atoms with Gasteiger partial charge in [-0.25, -0.2) is 4.79 Å². The Balaban J connectivity index is 1.79. The van der Waals surface area contributed by atoms with E-state index in [4.69, 9.17) is 11.5 Å². The zero-order valence-corrected chi connectivity index (χ0v) is 19.2. The highest BCUT2D eigenvalue weighted by Crippen LogP contribution is 2.18. The van der Waals surface area contributed by atoms with Crippen molar-refractivity contribution in [2.24, 2.45) is 5.73 Å². The second-order valence-electron chi connectivity index (χ2n) is 8.47. The molecule has 11 heteroatoms. The lowest BCUT2D eigenvalue weighted by molar-refractivity contribution is -0.124. The van der Waals surface area contributed by atoms with E-state index in [9.17, 15) is 19.2 Å². The van der Waals surface area contributed by atoms with Crippen LogP contribution in [0.4, 0.5) is 5.82 Å². The summed E-state index contributed by atoms with van der Waals surface area (Å²) in [5.41, 5.74) is 11.0. The maximum atomic E-state index is 13.4. The number of nitrogens with zero attached hydrogens (tertiary/aromatic N) is 5. The van der Waals surface area contributed by atoms with Crippen LogP contribution in [-0.2, 0) is 17.9 Å². The lowest BCUT2D eigenvalue weighted by Gasteiger charge is -2.33. The number of carbonyl (C=O) groups is 2. The number of carbonyl (C=O) groups excluding carboxylic acids is 2. The van der Waals surface area contributed by atoms with Gasteiger partial charge in [0, 0.05) is 12.4 Å². The SMILES string of the molecule is NC(=O)C1CCCCN1CC(=O)c1c(N)n(Cc2ccccn2)c(=O)n(Cc2ccccn2)c1=O. The zero-order chi connectivity index (χ0) is 24.9. The van der Waals surface area contributed by atoms with Crippen molar-refractivity contribution < 1.29 is 9.59 Å². The predicted octanol–water partition coefficient (Wildman–Crippen LogP) is 0.00130. The van der Waals surface area contributed by atoms with Crippen LogP contribution in [0.1, 0.15) is 41.0 Å². The number of aromatic nitrogens is 4. The number of nitrogen functional groups attached to an aromatic ring is 1. The standard InChI is InChI=1S/C24H27N7O4/c25-21-20(19(32)15-29-12-6-3-9-18(29)22(26)33)23(34)31(14-17-8-2-5-11-28-17)24(35)30(21)13-16-7-1-4-10-27-16/h1-2,4-5,7-8,10-11,18H,3,6,9,12-15,25H2,(H2,26,33). The number of pyridine rings is 2. The molecule has 0 spiro atoms. The van der Waals surface area contributed by atoms with Crippen LogP contribution in [-0.4, -0.2) is 54.8 Å². The number of hydrogen-bond donors (Lipinski definition) is 2. The number of likely N-dealkylation sites (tertiary alicyclic amines) is 1. The van der Waals surface area contributed by atoms with Crippen molar-refractivity contribution in [3.8, 4) is 0 Å². The van der Waals surface area contributed by atoms with Crippen molar-refractivity contribution in [1.82, 2.24) is 24.0 Å². The van der Waals surface area contributed by atoms with Gasteiger partial charge in [-0.15, -0.1) is 0 Å².